The van der Waals surface area contributed by atoms with Crippen LogP contribution in [0.25, 0.3) is 10.9 Å². The topological polar surface area (TPSA) is 71.5 Å². The van der Waals surface area contributed by atoms with Crippen molar-refractivity contribution in [2.45, 2.75) is 32.7 Å². The summed E-state index contributed by atoms with van der Waals surface area (Å²) >= 11 is 0. The fourth-order valence-electron chi connectivity index (χ4n) is 3.15. The Bertz CT molecular complexity index is 813. The zero-order valence-corrected chi connectivity index (χ0v) is 14.8. The van der Waals surface area contributed by atoms with E-state index >= 15 is 0 Å². The molecule has 0 bridgehead atoms. The number of aryl methyl sites for hydroxylation is 1. The Morgan fingerprint density at radius 3 is 2.64 bits per heavy atom. The van der Waals surface area contributed by atoms with Crippen LogP contribution >= 0.6 is 0 Å². The molecule has 0 saturated carbocycles. The first kappa shape index (κ1) is 17.2. The van der Waals surface area contributed by atoms with Gasteiger partial charge in [-0.3, -0.25) is 14.6 Å². The molecule has 1 aromatic heterocycles. The van der Waals surface area contributed by atoms with Gasteiger partial charge in [0.1, 0.15) is 11.8 Å². The monoisotopic (exact) mass is 341 g/mol. The fourth-order valence-corrected chi connectivity index (χ4v) is 3.15. The predicted octanol–water partition coefficient (Wildman–Crippen LogP) is 2.29. The Morgan fingerprint density at radius 2 is 1.96 bits per heavy atom. The molecular formula is C19H23N3O3. The molecule has 0 radical (unpaired) electrons. The standard InChI is InChI=1S/C19H23N3O3/c1-12-16(10-14-6-7-15(25-3)11-17(14)20-12)18(23)21-13(2)19(24)22-8-4-5-9-22/h6-7,10-11,13H,4-5,8-9H2,1-3H3,(H,21,23)/t13-/m1/s1. The van der Waals surface area contributed by atoms with Crippen LogP contribution in [-0.2, 0) is 4.79 Å². The van der Waals surface area contributed by atoms with Gasteiger partial charge in [0.15, 0.2) is 0 Å². The Labute approximate surface area is 147 Å². The highest BCUT2D eigenvalue weighted by molar-refractivity contribution is 6.00. The molecule has 0 unspecified atom stereocenters. The number of rotatable bonds is 4. The average molecular weight is 341 g/mol. The zero-order chi connectivity index (χ0) is 18.0. The van der Waals surface area contributed by atoms with Crippen LogP contribution in [0.1, 0.15) is 35.8 Å². The van der Waals surface area contributed by atoms with Crippen molar-refractivity contribution in [3.8, 4) is 5.75 Å². The molecule has 1 atom stereocenters. The van der Waals surface area contributed by atoms with Crippen LogP contribution in [0.4, 0.5) is 0 Å². The number of hydrogen-bond acceptors (Lipinski definition) is 4. The van der Waals surface area contributed by atoms with Gasteiger partial charge in [-0.1, -0.05) is 0 Å². The van der Waals surface area contributed by atoms with Crippen molar-refractivity contribution in [1.29, 1.82) is 0 Å². The molecular weight excluding hydrogens is 318 g/mol. The molecule has 1 aromatic carbocycles. The highest BCUT2D eigenvalue weighted by Crippen LogP contribution is 2.22. The molecule has 1 N–H and O–H groups in total. The third kappa shape index (κ3) is 3.57. The average Bonchev–Trinajstić information content (AvgIpc) is 3.14. The Kier molecular flexibility index (Phi) is 4.88. The van der Waals surface area contributed by atoms with Crippen molar-refractivity contribution in [3.63, 3.8) is 0 Å². The summed E-state index contributed by atoms with van der Waals surface area (Å²) in [6.45, 7) is 5.07. The molecule has 6 nitrogen and oxygen atoms in total. The number of nitrogens with one attached hydrogen (secondary N) is 1. The Hall–Kier alpha value is -2.63. The minimum Gasteiger partial charge on any atom is -0.497 e. The molecule has 1 aliphatic rings. The maximum absolute atomic E-state index is 12.6. The van der Waals surface area contributed by atoms with Crippen LogP contribution < -0.4 is 10.1 Å². The Balaban J connectivity index is 1.79. The SMILES string of the molecule is COc1ccc2cc(C(=O)N[C@H](C)C(=O)N3CCCC3)c(C)nc2c1. The number of benzene rings is 1. The van der Waals surface area contributed by atoms with Crippen LogP contribution in [0.5, 0.6) is 5.75 Å². The number of pyridine rings is 1. The molecule has 25 heavy (non-hydrogen) atoms. The lowest BCUT2D eigenvalue weighted by Crippen LogP contribution is -2.46. The number of aromatic nitrogens is 1. The lowest BCUT2D eigenvalue weighted by molar-refractivity contribution is -0.131. The number of nitrogens with zero attached hydrogens (tertiary/aromatic N) is 2. The second kappa shape index (κ2) is 7.09. The molecule has 2 amide bonds. The van der Waals surface area contributed by atoms with E-state index in [0.717, 1.165) is 42.6 Å². The molecule has 0 spiro atoms. The molecule has 1 saturated heterocycles. The number of carbonyl (C=O) groups excluding carboxylic acids is 2. The van der Waals surface area contributed by atoms with Gasteiger partial charge in [0.2, 0.25) is 5.91 Å². The first-order valence-electron chi connectivity index (χ1n) is 8.54. The van der Waals surface area contributed by atoms with Crippen LogP contribution in [0, 0.1) is 6.92 Å². The quantitative estimate of drug-likeness (QED) is 0.926. The maximum Gasteiger partial charge on any atom is 0.253 e. The smallest absolute Gasteiger partial charge is 0.253 e. The van der Waals surface area contributed by atoms with E-state index in [1.54, 1.807) is 27.0 Å². The predicted molar refractivity (Wildman–Crippen MR) is 95.8 cm³/mol. The largest absolute Gasteiger partial charge is 0.497 e. The first-order valence-corrected chi connectivity index (χ1v) is 8.54. The van der Waals surface area contributed by atoms with Gasteiger partial charge in [-0.15, -0.1) is 0 Å². The summed E-state index contributed by atoms with van der Waals surface area (Å²) in [4.78, 5) is 31.3. The second-order valence-electron chi connectivity index (χ2n) is 6.41. The molecule has 1 aliphatic heterocycles. The number of carbonyl (C=O) groups is 2. The van der Waals surface area contributed by atoms with Gasteiger partial charge in [0.25, 0.3) is 5.91 Å². The zero-order valence-electron chi connectivity index (χ0n) is 14.8. The maximum atomic E-state index is 12.6. The van der Waals surface area contributed by atoms with Crippen molar-refractivity contribution in [3.05, 3.63) is 35.5 Å². The Morgan fingerprint density at radius 1 is 1.24 bits per heavy atom. The van der Waals surface area contributed by atoms with E-state index in [1.165, 1.54) is 0 Å². The lowest BCUT2D eigenvalue weighted by Gasteiger charge is -2.21. The van der Waals surface area contributed by atoms with Crippen LogP contribution in [0.15, 0.2) is 24.3 Å². The summed E-state index contributed by atoms with van der Waals surface area (Å²) in [7, 11) is 1.61. The molecule has 6 heteroatoms. The van der Waals surface area contributed by atoms with Crippen molar-refractivity contribution < 1.29 is 14.3 Å². The van der Waals surface area contributed by atoms with Crippen LogP contribution in [0.3, 0.4) is 0 Å². The summed E-state index contributed by atoms with van der Waals surface area (Å²) in [5, 5.41) is 3.66. The molecule has 0 aliphatic carbocycles. The van der Waals surface area contributed by atoms with Gasteiger partial charge in [-0.05, 0) is 44.9 Å². The molecule has 2 aromatic rings. The van der Waals surface area contributed by atoms with E-state index in [0.29, 0.717) is 11.3 Å². The minimum atomic E-state index is -0.545. The van der Waals surface area contributed by atoms with E-state index in [2.05, 4.69) is 10.3 Å². The van der Waals surface area contributed by atoms with Crippen molar-refractivity contribution in [2.24, 2.45) is 0 Å². The third-order valence-electron chi connectivity index (χ3n) is 4.60. The summed E-state index contributed by atoms with van der Waals surface area (Å²) < 4.78 is 5.21. The van der Waals surface area contributed by atoms with Gasteiger partial charge >= 0.3 is 0 Å². The molecule has 2 heterocycles. The van der Waals surface area contributed by atoms with Crippen molar-refractivity contribution in [2.75, 3.05) is 20.2 Å². The highest BCUT2D eigenvalue weighted by atomic mass is 16.5. The van der Waals surface area contributed by atoms with E-state index in [1.807, 2.05) is 23.1 Å². The number of likely N-dealkylation sites (tertiary alicyclic amines) is 1. The van der Waals surface area contributed by atoms with Crippen LogP contribution in [-0.4, -0.2) is 47.9 Å². The normalized spacial score (nSPS) is 15.2. The van der Waals surface area contributed by atoms with Gasteiger partial charge in [-0.2, -0.15) is 0 Å². The van der Waals surface area contributed by atoms with E-state index in [9.17, 15) is 9.59 Å². The number of ether oxygens (including phenoxy) is 1. The number of amides is 2. The van der Waals surface area contributed by atoms with Crippen molar-refractivity contribution >= 4 is 22.7 Å². The summed E-state index contributed by atoms with van der Waals surface area (Å²) in [6.07, 6.45) is 2.06. The third-order valence-corrected chi connectivity index (χ3v) is 4.60. The second-order valence-corrected chi connectivity index (χ2v) is 6.41. The molecule has 1 fully saturated rings. The minimum absolute atomic E-state index is 0.0259. The number of methoxy groups -OCH3 is 1. The lowest BCUT2D eigenvalue weighted by atomic mass is 10.1. The van der Waals surface area contributed by atoms with Gasteiger partial charge in [0.05, 0.1) is 23.9 Å². The van der Waals surface area contributed by atoms with Gasteiger partial charge in [-0.25, -0.2) is 0 Å². The van der Waals surface area contributed by atoms with Gasteiger partial charge in [0, 0.05) is 24.5 Å². The first-order chi connectivity index (χ1) is 12.0. The van der Waals surface area contributed by atoms with Gasteiger partial charge < -0.3 is 15.0 Å². The van der Waals surface area contributed by atoms with E-state index < -0.39 is 6.04 Å². The number of fused-ring (bicyclic) bond motifs is 1. The van der Waals surface area contributed by atoms with E-state index in [4.69, 9.17) is 4.74 Å². The van der Waals surface area contributed by atoms with E-state index in [-0.39, 0.29) is 11.8 Å². The van der Waals surface area contributed by atoms with Crippen LogP contribution in [0.2, 0.25) is 0 Å². The number of hydrogen-bond donors (Lipinski definition) is 1. The fraction of sp³-hybridized carbons (Fsp3) is 0.421. The van der Waals surface area contributed by atoms with Crippen molar-refractivity contribution in [1.82, 2.24) is 15.2 Å². The summed E-state index contributed by atoms with van der Waals surface area (Å²) in [5.41, 5.74) is 1.88. The molecule has 132 valence electrons. The summed E-state index contributed by atoms with van der Waals surface area (Å²) in [6, 6.07) is 6.80. The highest BCUT2D eigenvalue weighted by Gasteiger charge is 2.25. The summed E-state index contributed by atoms with van der Waals surface area (Å²) in [5.74, 6) is 0.422. The molecule has 3 rings (SSSR count).